The first-order valence-corrected chi connectivity index (χ1v) is 65.8. The van der Waals surface area contributed by atoms with Crippen LogP contribution in [0.15, 0.2) is 23.3 Å². The number of thiocarbonyl (C=S) groups is 3. The van der Waals surface area contributed by atoms with Crippen LogP contribution in [0.4, 0.5) is 13.1 Å². The molecule has 21 rings (SSSR count). The molecule has 0 aromatic rings. The summed E-state index contributed by atoms with van der Waals surface area (Å²) in [4.78, 5) is 36.4. The van der Waals surface area contributed by atoms with E-state index in [0.29, 0.717) is 69.0 Å². The van der Waals surface area contributed by atoms with Gasteiger partial charge in [0.2, 0.25) is 0 Å². The van der Waals surface area contributed by atoms with E-state index in [2.05, 4.69) is 224 Å². The Morgan fingerprint density at radius 2 is 0.767 bits per heavy atom. The topological polar surface area (TPSA) is 182 Å². The molecule has 6 N–H and O–H groups in total. The number of fused-ring (bicyclic) bond motifs is 25. The smallest absolute Gasteiger partial charge is 1.00 e. The average Bonchev–Trinajstić information content (AvgIpc) is 1.42. The van der Waals surface area contributed by atoms with E-state index in [1.807, 2.05) is 13.8 Å². The first-order valence-electron chi connectivity index (χ1n) is 59.4. The number of hydrogen-bond donors (Lipinski definition) is 6. The molecular weight excluding hydrogens is 2340 g/mol. The molecule has 1 saturated heterocycles. The second-order valence-corrected chi connectivity index (χ2v) is 58.9. The SMILES string of the molecule is C.C.C.C.C1CCOC1.C=S.CC=C1CC[C@H]2[C@@H]3CC[C@H]4CC(=O)CC[C@@H]4[C@H]3CC[C@]12C.CC=C1CC[C@H]2[C@@H]3CC[C@H]4C[C@@](O)(CC)CC[C@@H]4[C@H]3CC[C@]12C.CC[C@@]1(O)CC[C@H]2[C@@H](CC[C@@H]3[C@@H]2CC[C@]2(C)C(C(C)O)CC[C@@H]32)C1.CC[C@@]1(O)CC[C@H]2[C@@H](CC[C@@H]3[C@@H]2CC[C@]2(C)[C@@H](C(=O)CBr)CC[C@@H]32)C1.CC[C@@]1(O)CC[C@H]2[C@@H](CC[C@@H]3[C@@H]2CC[C@]2(C)[C@@H](C(C)=O)CC[C@@H]32)C1.CO.CPC.FB=S.FC(F)=S.S=C(I)I.[2H]CC.[Br-].[CH2-]C.[HH].[Mg+2]. The van der Waals surface area contributed by atoms with Crippen LogP contribution in [0.3, 0.4) is 0 Å². The summed E-state index contributed by atoms with van der Waals surface area (Å²) in [5.74, 6) is 27.2. The van der Waals surface area contributed by atoms with Gasteiger partial charge in [-0.25, -0.2) is 0 Å². The Morgan fingerprint density at radius 3 is 1.05 bits per heavy atom. The minimum Gasteiger partial charge on any atom is -1.00 e. The van der Waals surface area contributed by atoms with Crippen LogP contribution in [0.2, 0.25) is 0 Å². The van der Waals surface area contributed by atoms with Gasteiger partial charge >= 0.3 is 51.2 Å². The Labute approximate surface area is 1010 Å². The summed E-state index contributed by atoms with van der Waals surface area (Å²) in [7, 11) is 2.08. The van der Waals surface area contributed by atoms with Gasteiger partial charge in [-0.05, 0) is 600 Å². The van der Waals surface area contributed by atoms with Gasteiger partial charge in [0.05, 0.1) is 33.8 Å². The van der Waals surface area contributed by atoms with Gasteiger partial charge in [-0.3, -0.25) is 14.4 Å². The fourth-order valence-electron chi connectivity index (χ4n) is 39.1. The number of allylic oxidation sites excluding steroid dienone is 4. The molecule has 0 spiro atoms. The van der Waals surface area contributed by atoms with Gasteiger partial charge < -0.3 is 59.3 Å². The number of carbonyl (C=O) groups is 3. The summed E-state index contributed by atoms with van der Waals surface area (Å²) >= 11 is 22.7. The molecule has 0 amide bonds. The minimum atomic E-state index is -2.00. The number of ether oxygens (including phenoxy) is 1. The van der Waals surface area contributed by atoms with E-state index < -0.39 is 5.37 Å². The molecule has 24 heteroatoms. The Balaban J connectivity index is 0.000000883. The fourth-order valence-corrected chi connectivity index (χ4v) is 39.5. The van der Waals surface area contributed by atoms with E-state index in [4.69, 9.17) is 11.2 Å². The van der Waals surface area contributed by atoms with Crippen molar-refractivity contribution in [3.63, 3.8) is 0 Å². The van der Waals surface area contributed by atoms with Gasteiger partial charge in [0.15, 0.2) is 0 Å². The van der Waals surface area contributed by atoms with Crippen molar-refractivity contribution in [2.45, 2.75) is 496 Å². The van der Waals surface area contributed by atoms with E-state index in [0.717, 1.165) is 280 Å². The Bertz CT molecular complexity index is 4050. The molecule has 20 aliphatic carbocycles. The third-order valence-electron chi connectivity index (χ3n) is 45.7. The first kappa shape index (κ1) is 146. The Morgan fingerprint density at radius 1 is 0.500 bits per heavy atom. The van der Waals surface area contributed by atoms with Gasteiger partial charge in [-0.1, -0.05) is 170 Å². The van der Waals surface area contributed by atoms with E-state index >= 15 is 0 Å². The molecule has 10 nitrogen and oxygen atoms in total. The van der Waals surface area contributed by atoms with Crippen LogP contribution < -0.4 is 17.0 Å². The zero-order valence-corrected chi connectivity index (χ0v) is 108. The van der Waals surface area contributed by atoms with Crippen LogP contribution in [0.25, 0.3) is 0 Å². The maximum absolute atomic E-state index is 12.5. The Kier molecular flexibility index (Phi) is 66.8. The molecule has 0 bridgehead atoms. The zero-order valence-electron chi connectivity index (χ0n) is 95.6. The van der Waals surface area contributed by atoms with E-state index in [1.165, 1.54) is 225 Å². The van der Waals surface area contributed by atoms with Crippen LogP contribution >= 0.6 is 118 Å². The molecule has 1 aliphatic heterocycles. The molecule has 38 atom stereocenters. The molecule has 0 aromatic carbocycles. The van der Waals surface area contributed by atoms with Crippen LogP contribution in [-0.4, -0.2) is 157 Å². The zero-order chi connectivity index (χ0) is 108. The number of Topliss-reactive ketones (excluding diaryl/α,β-unsaturated/α-hetero) is 3. The molecule has 21 aliphatic rings. The monoisotopic (exact) mass is 2560 g/mol. The number of alkyl halides is 1. The van der Waals surface area contributed by atoms with Gasteiger partial charge in [-0.15, -0.1) is 8.58 Å². The average molecular weight is 2570 g/mol. The normalized spacial score (nSPS) is 43.3. The predicted molar refractivity (Wildman–Crippen MR) is 671 cm³/mol. The number of ketones is 3. The van der Waals surface area contributed by atoms with E-state index in [1.54, 1.807) is 25.0 Å². The van der Waals surface area contributed by atoms with Crippen molar-refractivity contribution in [3.8, 4) is 0 Å². The molecule has 872 valence electrons. The van der Waals surface area contributed by atoms with E-state index in [-0.39, 0.29) is 112 Å². The number of rotatable bonds is 8. The second-order valence-electron chi connectivity index (χ2n) is 50.7. The van der Waals surface area contributed by atoms with Crippen molar-refractivity contribution in [1.29, 1.82) is 0 Å². The van der Waals surface area contributed by atoms with Crippen molar-refractivity contribution in [1.82, 2.24) is 0 Å². The van der Waals surface area contributed by atoms with Crippen molar-refractivity contribution in [2.75, 3.05) is 39.0 Å². The molecule has 0 radical (unpaired) electrons. The fraction of sp³-hybridized carbons (Fsp3) is 0.913. The quantitative estimate of drug-likeness (QED) is 0.0197. The molecule has 20 saturated carbocycles. The molecule has 0 aromatic heterocycles. The van der Waals surface area contributed by atoms with Gasteiger partial charge in [0.1, 0.15) is 18.2 Å². The van der Waals surface area contributed by atoms with Gasteiger partial charge in [0, 0.05) is 47.8 Å². The molecule has 1 heterocycles. The van der Waals surface area contributed by atoms with Crippen LogP contribution in [0.5, 0.6) is 0 Å². The summed E-state index contributed by atoms with van der Waals surface area (Å²) in [5.41, 5.74) is 4.08. The van der Waals surface area contributed by atoms with Crippen LogP contribution in [0.1, 0.15) is 471 Å². The van der Waals surface area contributed by atoms with Crippen LogP contribution in [-0.2, 0) is 19.1 Å². The summed E-state index contributed by atoms with van der Waals surface area (Å²) in [6.45, 7) is 43.1. The van der Waals surface area contributed by atoms with Gasteiger partial charge in [0.25, 0.3) is 0 Å². The largest absolute Gasteiger partial charge is 2.00 e. The summed E-state index contributed by atoms with van der Waals surface area (Å²) < 4.78 is 42.2. The predicted octanol–water partition coefficient (Wildman–Crippen LogP) is 33.3. The van der Waals surface area contributed by atoms with E-state index in [9.17, 15) is 53.0 Å². The molecular formula is C126H225BBr2F3I2MgO10PS4. The number of halogens is 7. The van der Waals surface area contributed by atoms with Gasteiger partial charge in [-0.2, -0.15) is 15.7 Å². The minimum absolute atomic E-state index is 0. The molecule has 21 fully saturated rings. The summed E-state index contributed by atoms with van der Waals surface area (Å²) in [5, 5.41) is 58.9. The maximum atomic E-state index is 12.5. The van der Waals surface area contributed by atoms with Crippen molar-refractivity contribution >= 4 is 177 Å². The Hall–Kier alpha value is 2.17. The number of hydrogen-bond acceptors (Lipinski definition) is 14. The number of aliphatic hydroxyl groups is 6. The van der Waals surface area contributed by atoms with Crippen molar-refractivity contribution < 1.29 is 82.6 Å². The third-order valence-corrected chi connectivity index (χ3v) is 46.3. The molecule has 2 unspecified atom stereocenters. The third kappa shape index (κ3) is 34.7. The first-order chi connectivity index (χ1) is 69.0. The molecule has 150 heavy (non-hydrogen) atoms. The van der Waals surface area contributed by atoms with Crippen LogP contribution in [0, 0.1) is 200 Å². The van der Waals surface area contributed by atoms with Crippen molar-refractivity contribution in [2.24, 2.45) is 193 Å². The number of carbonyl (C=O) groups excluding carboxylic acids is 3. The summed E-state index contributed by atoms with van der Waals surface area (Å²) in [6, 6.07) is 0. The number of aliphatic hydroxyl groups excluding tert-OH is 2. The second kappa shape index (κ2) is 68.4. The summed E-state index contributed by atoms with van der Waals surface area (Å²) in [6.07, 6.45) is 67.9. The standard InChI is InChI=1S/C22H35BrO2.C22H38O2.C22H36O2.C22H36O.C20H30O.C4H8O.C2H7P.C2H6.C2H5.CF2S.CI2S.CH4O.CH2S.4CH4.BFS.BrH.Mg.H2/c1-3-22(25)11-9-15-14(12-22)4-5-17-16(15)8-10-21(2)18(17)6-7-19(21)20(24)13-23;2*1-4-22(24)12-10-16-15(13-22)5-6-18-17(16)9-11-21(3)19(14(2)23)7-8-20(18)21;1-4-16-7-9-20-19-8-6-15-14-22(23,5-2)13-11-17(15)18(19)10-12-21(16,20)3;1-3-14-5-9-19-18-7-4-13-12-15(21)6-8-16(13)17(18)10-11-20(14,19)2;1-2-4-5-3-1;1-3-2;2*1-2;2*2-1(3)4;2*1-2;;;;;2-1-3;;;/h14-19,25H,3-13H2,1-2H3;14-20,23-24H,4-13H2,1-3H3;15-20,24H,4-13H2,1-3H3;4,15,17-20,23H,5-14H2,1-3H3;3,13,16-19H,4-12H2,1-2H3;1-4H2;3H,1-2H3;1-2H3;1H2,2H3;;;2H,1H3;1H2;4*1H4;;1H;;1H/q;;;;;;;;-1;;;;;;;;;;;+2;/p-1/t14-,15-,16+,17+,18-,19+,21-,22+;14?,15-,16-,17+,18+,19?,20-,21+,22+;15-,16-,17+,18+,19+,20-,21+,22+;15-,17-,18+,19+,20-,21+,22+;13-,16-,17+,18+,19-,20+;;;;;;;;;;;;;;;;/m00000................/s1/i;;;;;;;1D;;;;;;;;;;;;;. The van der Waals surface area contributed by atoms with Crippen molar-refractivity contribution in [3.05, 3.63) is 30.2 Å². The maximum Gasteiger partial charge on any atom is 2.00 e.